The summed E-state index contributed by atoms with van der Waals surface area (Å²) < 4.78 is 2.01. The lowest BCUT2D eigenvalue weighted by Gasteiger charge is -2.05. The zero-order valence-electron chi connectivity index (χ0n) is 13.9. The predicted molar refractivity (Wildman–Crippen MR) is 105 cm³/mol. The number of hydrogen-bond acceptors (Lipinski definition) is 2. The Balaban J connectivity index is 1.57. The van der Waals surface area contributed by atoms with Gasteiger partial charge in [-0.05, 0) is 34.5 Å². The van der Waals surface area contributed by atoms with Gasteiger partial charge in [0.15, 0.2) is 0 Å². The predicted octanol–water partition coefficient (Wildman–Crippen LogP) is 5.51. The number of benzene rings is 3. The lowest BCUT2D eigenvalue weighted by atomic mass is 10.1. The topological polar surface area (TPSA) is 29.9 Å². The Morgan fingerprint density at radius 1 is 0.960 bits per heavy atom. The molecule has 0 aliphatic rings. The molecule has 0 spiro atoms. The minimum Gasteiger partial charge on any atom is -0.352 e. The minimum atomic E-state index is 0.708. The van der Waals surface area contributed by atoms with Crippen LogP contribution in [0.1, 0.15) is 5.56 Å². The molecule has 4 aromatic rings. The van der Waals surface area contributed by atoms with Gasteiger partial charge in [-0.3, -0.25) is 0 Å². The first-order valence-corrected chi connectivity index (χ1v) is 8.58. The van der Waals surface area contributed by atoms with Gasteiger partial charge in [0.05, 0.1) is 5.69 Å². The molecule has 1 heterocycles. The summed E-state index contributed by atoms with van der Waals surface area (Å²) in [5, 5.41) is 6.60. The summed E-state index contributed by atoms with van der Waals surface area (Å²) in [4.78, 5) is 4.75. The Labute approximate surface area is 151 Å². The highest BCUT2D eigenvalue weighted by Crippen LogP contribution is 2.25. The lowest BCUT2D eigenvalue weighted by molar-refractivity contribution is 0.900. The van der Waals surface area contributed by atoms with Crippen molar-refractivity contribution in [3.63, 3.8) is 0 Å². The number of anilines is 1. The number of fused-ring (bicyclic) bond motifs is 1. The molecule has 124 valence electrons. The van der Waals surface area contributed by atoms with Crippen molar-refractivity contribution in [2.24, 2.45) is 7.05 Å². The first-order valence-electron chi connectivity index (χ1n) is 8.20. The van der Waals surface area contributed by atoms with Crippen molar-refractivity contribution in [1.82, 2.24) is 9.55 Å². The second kappa shape index (κ2) is 6.61. The van der Waals surface area contributed by atoms with Crippen LogP contribution in [-0.2, 0) is 13.6 Å². The number of nitrogens with zero attached hydrogens (tertiary/aromatic N) is 2. The van der Waals surface area contributed by atoms with Crippen molar-refractivity contribution in [2.45, 2.75) is 6.54 Å². The summed E-state index contributed by atoms with van der Waals surface area (Å²) in [5.41, 5.74) is 3.25. The molecule has 3 aromatic carbocycles. The maximum atomic E-state index is 5.93. The second-order valence-corrected chi connectivity index (χ2v) is 6.54. The van der Waals surface area contributed by atoms with E-state index in [-0.39, 0.29) is 0 Å². The highest BCUT2D eigenvalue weighted by molar-refractivity contribution is 6.30. The number of hydrogen-bond donors (Lipinski definition) is 1. The van der Waals surface area contributed by atoms with E-state index in [1.807, 2.05) is 42.1 Å². The molecule has 0 aliphatic heterocycles. The van der Waals surface area contributed by atoms with Crippen LogP contribution in [0.4, 0.5) is 5.95 Å². The summed E-state index contributed by atoms with van der Waals surface area (Å²) in [6, 6.07) is 22.6. The average Bonchev–Trinajstić information content (AvgIpc) is 3.02. The molecule has 1 aromatic heterocycles. The van der Waals surface area contributed by atoms with Gasteiger partial charge < -0.3 is 9.88 Å². The number of nitrogens with one attached hydrogen (secondary N) is 1. The van der Waals surface area contributed by atoms with Crippen LogP contribution in [0.3, 0.4) is 0 Å². The molecule has 1 N–H and O–H groups in total. The maximum Gasteiger partial charge on any atom is 0.203 e. The standard InChI is InChI=1S/C21H18ClN3/c1-25-14-20(18-9-8-16-4-2-3-5-17(16)12-18)24-21(25)23-13-15-6-10-19(22)11-7-15/h2-12,14H,13H2,1H3,(H,23,24). The third-order valence-electron chi connectivity index (χ3n) is 4.29. The number of aryl methyl sites for hydroxylation is 1. The van der Waals surface area contributed by atoms with Crippen molar-refractivity contribution in [1.29, 1.82) is 0 Å². The lowest BCUT2D eigenvalue weighted by Crippen LogP contribution is -2.04. The minimum absolute atomic E-state index is 0.708. The van der Waals surface area contributed by atoms with E-state index in [0.717, 1.165) is 22.2 Å². The molecule has 0 unspecified atom stereocenters. The molecule has 0 saturated heterocycles. The van der Waals surface area contributed by atoms with Crippen molar-refractivity contribution < 1.29 is 0 Å². The molecule has 4 heteroatoms. The fourth-order valence-corrected chi connectivity index (χ4v) is 3.03. The smallest absolute Gasteiger partial charge is 0.203 e. The van der Waals surface area contributed by atoms with E-state index in [1.165, 1.54) is 16.3 Å². The van der Waals surface area contributed by atoms with Gasteiger partial charge in [-0.25, -0.2) is 4.98 Å². The third kappa shape index (κ3) is 3.37. The summed E-state index contributed by atoms with van der Waals surface area (Å²) in [6.45, 7) is 0.708. The maximum absolute atomic E-state index is 5.93. The molecular formula is C21H18ClN3. The van der Waals surface area contributed by atoms with E-state index in [4.69, 9.17) is 16.6 Å². The number of rotatable bonds is 4. The van der Waals surface area contributed by atoms with Gasteiger partial charge in [-0.1, -0.05) is 60.1 Å². The summed E-state index contributed by atoms with van der Waals surface area (Å²) in [5.74, 6) is 0.845. The SMILES string of the molecule is Cn1cc(-c2ccc3ccccc3c2)nc1NCc1ccc(Cl)cc1. The summed E-state index contributed by atoms with van der Waals surface area (Å²) in [6.07, 6.45) is 2.05. The van der Waals surface area contributed by atoms with Crippen LogP contribution in [0.15, 0.2) is 72.9 Å². The molecule has 4 rings (SSSR count). The monoisotopic (exact) mass is 347 g/mol. The van der Waals surface area contributed by atoms with Crippen LogP contribution in [0, 0.1) is 0 Å². The highest BCUT2D eigenvalue weighted by atomic mass is 35.5. The van der Waals surface area contributed by atoms with E-state index in [2.05, 4.69) is 47.8 Å². The largest absolute Gasteiger partial charge is 0.352 e. The van der Waals surface area contributed by atoms with E-state index in [0.29, 0.717) is 6.54 Å². The van der Waals surface area contributed by atoms with Crippen molar-refractivity contribution in [3.05, 3.63) is 83.5 Å². The molecule has 0 saturated carbocycles. The van der Waals surface area contributed by atoms with Crippen LogP contribution in [0.2, 0.25) is 5.02 Å². The Kier molecular flexibility index (Phi) is 4.16. The Morgan fingerprint density at radius 3 is 2.52 bits per heavy atom. The van der Waals surface area contributed by atoms with Crippen LogP contribution in [-0.4, -0.2) is 9.55 Å². The van der Waals surface area contributed by atoms with E-state index in [1.54, 1.807) is 0 Å². The Hall–Kier alpha value is -2.78. The fraction of sp³-hybridized carbons (Fsp3) is 0.0952. The van der Waals surface area contributed by atoms with Crippen LogP contribution < -0.4 is 5.32 Å². The average molecular weight is 348 g/mol. The normalized spacial score (nSPS) is 11.0. The molecule has 0 aliphatic carbocycles. The van der Waals surface area contributed by atoms with Gasteiger partial charge in [0.2, 0.25) is 5.95 Å². The molecule has 0 radical (unpaired) electrons. The molecule has 0 atom stereocenters. The zero-order valence-corrected chi connectivity index (χ0v) is 14.7. The molecule has 0 amide bonds. The molecule has 25 heavy (non-hydrogen) atoms. The van der Waals surface area contributed by atoms with Gasteiger partial charge in [0, 0.05) is 30.4 Å². The van der Waals surface area contributed by atoms with Crippen molar-refractivity contribution >= 4 is 28.3 Å². The third-order valence-corrected chi connectivity index (χ3v) is 4.54. The molecule has 0 fully saturated rings. The number of aromatic nitrogens is 2. The fourth-order valence-electron chi connectivity index (χ4n) is 2.90. The van der Waals surface area contributed by atoms with Gasteiger partial charge in [-0.2, -0.15) is 0 Å². The Morgan fingerprint density at radius 2 is 1.72 bits per heavy atom. The quantitative estimate of drug-likeness (QED) is 0.527. The van der Waals surface area contributed by atoms with Crippen molar-refractivity contribution in [2.75, 3.05) is 5.32 Å². The molecule has 3 nitrogen and oxygen atoms in total. The van der Waals surface area contributed by atoms with Gasteiger partial charge >= 0.3 is 0 Å². The highest BCUT2D eigenvalue weighted by Gasteiger charge is 2.08. The van der Waals surface area contributed by atoms with Crippen LogP contribution in [0.25, 0.3) is 22.0 Å². The zero-order chi connectivity index (χ0) is 17.2. The first-order chi connectivity index (χ1) is 12.2. The van der Waals surface area contributed by atoms with Crippen molar-refractivity contribution in [3.8, 4) is 11.3 Å². The van der Waals surface area contributed by atoms with Gasteiger partial charge in [0.25, 0.3) is 0 Å². The van der Waals surface area contributed by atoms with Crippen LogP contribution in [0.5, 0.6) is 0 Å². The number of imidazole rings is 1. The summed E-state index contributed by atoms with van der Waals surface area (Å²) in [7, 11) is 2.00. The molecular weight excluding hydrogens is 330 g/mol. The Bertz CT molecular complexity index is 1020. The van der Waals surface area contributed by atoms with Gasteiger partial charge in [0.1, 0.15) is 0 Å². The van der Waals surface area contributed by atoms with Crippen LogP contribution >= 0.6 is 11.6 Å². The number of halogens is 1. The molecule has 0 bridgehead atoms. The van der Waals surface area contributed by atoms with Gasteiger partial charge in [-0.15, -0.1) is 0 Å². The van der Waals surface area contributed by atoms with E-state index < -0.39 is 0 Å². The summed E-state index contributed by atoms with van der Waals surface area (Å²) >= 11 is 5.93. The van der Waals surface area contributed by atoms with E-state index in [9.17, 15) is 0 Å². The first kappa shape index (κ1) is 15.7. The van der Waals surface area contributed by atoms with E-state index >= 15 is 0 Å². The second-order valence-electron chi connectivity index (χ2n) is 6.10.